The van der Waals surface area contributed by atoms with Crippen LogP contribution >= 0.6 is 11.3 Å². The van der Waals surface area contributed by atoms with E-state index in [1.165, 1.54) is 10.6 Å². The number of hydrogen-bond donors (Lipinski definition) is 1. The van der Waals surface area contributed by atoms with Crippen molar-refractivity contribution in [3.05, 3.63) is 52.0 Å². The van der Waals surface area contributed by atoms with Crippen molar-refractivity contribution in [3.63, 3.8) is 0 Å². The number of benzene rings is 1. The Balaban J connectivity index is 1.94. The van der Waals surface area contributed by atoms with Crippen LogP contribution in [0.2, 0.25) is 0 Å². The lowest BCUT2D eigenvalue weighted by Crippen LogP contribution is -2.38. The number of guanidine groups is 1. The molecule has 2 aromatic rings. The molecule has 22 heavy (non-hydrogen) atoms. The molecule has 0 bridgehead atoms. The fraction of sp³-hybridized carbons (Fsp3) is 0.412. The maximum absolute atomic E-state index is 4.68. The number of nitrogens with one attached hydrogen (secondary N) is 1. The SMILES string of the molecule is Cc1csc(C(C)CNC(=NCc2ccccc2)N(C)C)n1. The molecule has 4 nitrogen and oxygen atoms in total. The predicted octanol–water partition coefficient (Wildman–Crippen LogP) is 3.26. The van der Waals surface area contributed by atoms with Crippen molar-refractivity contribution in [3.8, 4) is 0 Å². The molecule has 1 heterocycles. The second-order valence-electron chi connectivity index (χ2n) is 5.63. The van der Waals surface area contributed by atoms with E-state index >= 15 is 0 Å². The number of aromatic nitrogens is 1. The Morgan fingerprint density at radius 2 is 2.05 bits per heavy atom. The summed E-state index contributed by atoms with van der Waals surface area (Å²) in [6, 6.07) is 10.3. The summed E-state index contributed by atoms with van der Waals surface area (Å²) in [5.41, 5.74) is 2.31. The number of thiazole rings is 1. The highest BCUT2D eigenvalue weighted by molar-refractivity contribution is 7.09. The Bertz CT molecular complexity index is 604. The van der Waals surface area contributed by atoms with Crippen molar-refractivity contribution in [1.29, 1.82) is 0 Å². The summed E-state index contributed by atoms with van der Waals surface area (Å²) in [5, 5.41) is 6.71. The number of hydrogen-bond acceptors (Lipinski definition) is 3. The van der Waals surface area contributed by atoms with Crippen LogP contribution < -0.4 is 5.32 Å². The summed E-state index contributed by atoms with van der Waals surface area (Å²) in [6.07, 6.45) is 0. The first-order valence-electron chi connectivity index (χ1n) is 7.48. The smallest absolute Gasteiger partial charge is 0.193 e. The minimum absolute atomic E-state index is 0.376. The predicted molar refractivity (Wildman–Crippen MR) is 94.5 cm³/mol. The third-order valence-corrected chi connectivity index (χ3v) is 4.50. The average Bonchev–Trinajstić information content (AvgIpc) is 2.94. The molecule has 1 atom stereocenters. The van der Waals surface area contributed by atoms with Gasteiger partial charge >= 0.3 is 0 Å². The first-order chi connectivity index (χ1) is 10.6. The molecule has 1 aromatic carbocycles. The minimum atomic E-state index is 0.376. The topological polar surface area (TPSA) is 40.5 Å². The van der Waals surface area contributed by atoms with Crippen molar-refractivity contribution in [2.45, 2.75) is 26.3 Å². The third kappa shape index (κ3) is 4.84. The van der Waals surface area contributed by atoms with E-state index in [-0.39, 0.29) is 0 Å². The molecule has 1 aromatic heterocycles. The molecule has 118 valence electrons. The van der Waals surface area contributed by atoms with Crippen LogP contribution in [0, 0.1) is 6.92 Å². The molecule has 2 rings (SSSR count). The van der Waals surface area contributed by atoms with Gasteiger partial charge in [0.25, 0.3) is 0 Å². The molecule has 0 aliphatic rings. The van der Waals surface area contributed by atoms with Crippen LogP contribution in [0.3, 0.4) is 0 Å². The first kappa shape index (κ1) is 16.5. The zero-order valence-electron chi connectivity index (χ0n) is 13.7. The van der Waals surface area contributed by atoms with E-state index in [1.54, 1.807) is 11.3 Å². The van der Waals surface area contributed by atoms with Crippen LogP contribution in [0.25, 0.3) is 0 Å². The van der Waals surface area contributed by atoms with Crippen molar-refractivity contribution in [1.82, 2.24) is 15.2 Å². The van der Waals surface area contributed by atoms with E-state index in [0.29, 0.717) is 12.5 Å². The third-order valence-electron chi connectivity index (χ3n) is 3.30. The number of rotatable bonds is 5. The maximum Gasteiger partial charge on any atom is 0.193 e. The van der Waals surface area contributed by atoms with Gasteiger partial charge in [-0.25, -0.2) is 9.98 Å². The molecule has 0 fully saturated rings. The summed E-state index contributed by atoms with van der Waals surface area (Å²) in [5.74, 6) is 1.28. The Morgan fingerprint density at radius 3 is 2.64 bits per heavy atom. The molecule has 0 saturated carbocycles. The van der Waals surface area contributed by atoms with Gasteiger partial charge in [-0.05, 0) is 12.5 Å². The van der Waals surface area contributed by atoms with Gasteiger partial charge in [0, 0.05) is 37.6 Å². The Morgan fingerprint density at radius 1 is 1.32 bits per heavy atom. The van der Waals surface area contributed by atoms with Crippen LogP contribution in [0.1, 0.15) is 29.1 Å². The summed E-state index contributed by atoms with van der Waals surface area (Å²) < 4.78 is 0. The van der Waals surface area contributed by atoms with Gasteiger partial charge in [0.2, 0.25) is 0 Å². The van der Waals surface area contributed by atoms with Gasteiger partial charge in [0.1, 0.15) is 0 Å². The number of aryl methyl sites for hydroxylation is 1. The van der Waals surface area contributed by atoms with Crippen LogP contribution in [-0.2, 0) is 6.54 Å². The highest BCUT2D eigenvalue weighted by atomic mass is 32.1. The molecule has 0 saturated heterocycles. The van der Waals surface area contributed by atoms with E-state index in [0.717, 1.165) is 18.2 Å². The average molecular weight is 316 g/mol. The van der Waals surface area contributed by atoms with E-state index < -0.39 is 0 Å². The molecule has 0 amide bonds. The quantitative estimate of drug-likeness (QED) is 0.680. The maximum atomic E-state index is 4.68. The second-order valence-corrected chi connectivity index (χ2v) is 6.52. The summed E-state index contributed by atoms with van der Waals surface area (Å²) >= 11 is 1.72. The first-order valence-corrected chi connectivity index (χ1v) is 8.36. The Hall–Kier alpha value is -1.88. The number of nitrogens with zero attached hydrogens (tertiary/aromatic N) is 3. The van der Waals surface area contributed by atoms with Gasteiger partial charge in [0.05, 0.1) is 11.6 Å². The molecular weight excluding hydrogens is 292 g/mol. The monoisotopic (exact) mass is 316 g/mol. The van der Waals surface area contributed by atoms with Crippen molar-refractivity contribution in [2.24, 2.45) is 4.99 Å². The highest BCUT2D eigenvalue weighted by Crippen LogP contribution is 2.18. The van der Waals surface area contributed by atoms with Crippen LogP contribution in [-0.4, -0.2) is 36.5 Å². The van der Waals surface area contributed by atoms with Gasteiger partial charge in [-0.15, -0.1) is 11.3 Å². The standard InChI is InChI=1S/C17H24N4S/c1-13(16-20-14(2)12-22-16)10-18-17(21(3)4)19-11-15-8-6-5-7-9-15/h5-9,12-13H,10-11H2,1-4H3,(H,18,19). The minimum Gasteiger partial charge on any atom is -0.356 e. The fourth-order valence-corrected chi connectivity index (χ4v) is 2.89. The summed E-state index contributed by atoms with van der Waals surface area (Å²) in [4.78, 5) is 11.2. The van der Waals surface area contributed by atoms with Crippen LogP contribution in [0.4, 0.5) is 0 Å². The normalized spacial score (nSPS) is 13.0. The van der Waals surface area contributed by atoms with Gasteiger partial charge in [-0.2, -0.15) is 0 Å². The molecular formula is C17H24N4S. The largest absolute Gasteiger partial charge is 0.356 e. The zero-order chi connectivity index (χ0) is 15.9. The molecule has 1 N–H and O–H groups in total. The Kier molecular flexibility index (Phi) is 5.95. The van der Waals surface area contributed by atoms with Crippen molar-refractivity contribution >= 4 is 17.3 Å². The van der Waals surface area contributed by atoms with Gasteiger partial charge < -0.3 is 10.2 Å². The molecule has 5 heteroatoms. The van der Waals surface area contributed by atoms with Gasteiger partial charge in [0.15, 0.2) is 5.96 Å². The lowest BCUT2D eigenvalue weighted by molar-refractivity contribution is 0.567. The molecule has 0 aliphatic heterocycles. The van der Waals surface area contributed by atoms with Crippen LogP contribution in [0.5, 0.6) is 0 Å². The fourth-order valence-electron chi connectivity index (χ4n) is 2.04. The molecule has 1 unspecified atom stereocenters. The van der Waals surface area contributed by atoms with E-state index in [2.05, 4.69) is 39.7 Å². The lowest BCUT2D eigenvalue weighted by atomic mass is 10.2. The zero-order valence-corrected chi connectivity index (χ0v) is 14.5. The van der Waals surface area contributed by atoms with Crippen molar-refractivity contribution < 1.29 is 0 Å². The molecule has 0 aliphatic carbocycles. The summed E-state index contributed by atoms with van der Waals surface area (Å²) in [7, 11) is 4.02. The summed E-state index contributed by atoms with van der Waals surface area (Å²) in [6.45, 7) is 5.74. The van der Waals surface area contributed by atoms with E-state index in [9.17, 15) is 0 Å². The molecule has 0 spiro atoms. The number of aliphatic imine (C=N–C) groups is 1. The van der Waals surface area contributed by atoms with Crippen LogP contribution in [0.15, 0.2) is 40.7 Å². The molecule has 0 radical (unpaired) electrons. The van der Waals surface area contributed by atoms with Gasteiger partial charge in [-0.1, -0.05) is 37.3 Å². The highest BCUT2D eigenvalue weighted by Gasteiger charge is 2.11. The van der Waals surface area contributed by atoms with Crippen molar-refractivity contribution in [2.75, 3.05) is 20.6 Å². The van der Waals surface area contributed by atoms with E-state index in [4.69, 9.17) is 0 Å². The Labute approximate surface area is 136 Å². The second kappa shape index (κ2) is 7.94. The lowest BCUT2D eigenvalue weighted by Gasteiger charge is -2.19. The van der Waals surface area contributed by atoms with Gasteiger partial charge in [-0.3, -0.25) is 0 Å². The van der Waals surface area contributed by atoms with E-state index in [1.807, 2.05) is 44.1 Å².